The summed E-state index contributed by atoms with van der Waals surface area (Å²) in [5, 5.41) is 2.95. The van der Waals surface area contributed by atoms with Crippen LogP contribution in [-0.4, -0.2) is 35.4 Å². The lowest BCUT2D eigenvalue weighted by Gasteiger charge is -2.23. The van der Waals surface area contributed by atoms with Gasteiger partial charge in [-0.1, -0.05) is 0 Å². The lowest BCUT2D eigenvalue weighted by Crippen LogP contribution is -2.30. The summed E-state index contributed by atoms with van der Waals surface area (Å²) in [5.74, 6) is -0.279. The maximum absolute atomic E-state index is 13.0. The van der Waals surface area contributed by atoms with Gasteiger partial charge in [-0.3, -0.25) is 9.59 Å². The maximum atomic E-state index is 13.0. The Labute approximate surface area is 144 Å². The van der Waals surface area contributed by atoms with Crippen LogP contribution in [0, 0.1) is 6.92 Å². The first kappa shape index (κ1) is 16.4. The van der Waals surface area contributed by atoms with Gasteiger partial charge < -0.3 is 15.4 Å². The van der Waals surface area contributed by atoms with Crippen molar-refractivity contribution >= 4 is 23.2 Å². The summed E-state index contributed by atoms with van der Waals surface area (Å²) >= 11 is 1.58. The van der Waals surface area contributed by atoms with Gasteiger partial charge in [-0.25, -0.2) is 4.98 Å². The molecule has 2 heterocycles. The molecular formula is C17H19N3O3S. The van der Waals surface area contributed by atoms with Crippen LogP contribution in [-0.2, 0) is 0 Å². The second-order valence-corrected chi connectivity index (χ2v) is 6.69. The number of thiazole rings is 1. The summed E-state index contributed by atoms with van der Waals surface area (Å²) in [6.45, 7) is 2.62. The maximum Gasteiger partial charge on any atom is 0.254 e. The molecule has 1 aliphatic rings. The van der Waals surface area contributed by atoms with Crippen molar-refractivity contribution in [2.24, 2.45) is 5.73 Å². The van der Waals surface area contributed by atoms with E-state index < -0.39 is 5.91 Å². The number of nitrogens with two attached hydrogens (primary N) is 1. The van der Waals surface area contributed by atoms with Crippen LogP contribution < -0.4 is 10.5 Å². The Bertz CT molecular complexity index is 787. The van der Waals surface area contributed by atoms with Crippen LogP contribution >= 0.6 is 11.3 Å². The van der Waals surface area contributed by atoms with Gasteiger partial charge in [-0.2, -0.15) is 0 Å². The fourth-order valence-electron chi connectivity index (χ4n) is 2.94. The van der Waals surface area contributed by atoms with Crippen LogP contribution in [0.25, 0.3) is 0 Å². The Balaban J connectivity index is 1.93. The summed E-state index contributed by atoms with van der Waals surface area (Å²) in [6, 6.07) is 4.68. The van der Waals surface area contributed by atoms with Gasteiger partial charge in [0, 0.05) is 28.7 Å². The van der Waals surface area contributed by atoms with E-state index in [1.165, 1.54) is 19.2 Å². The molecule has 2 aromatic rings. The van der Waals surface area contributed by atoms with Crippen LogP contribution in [0.1, 0.15) is 50.3 Å². The van der Waals surface area contributed by atoms with Crippen molar-refractivity contribution < 1.29 is 14.3 Å². The van der Waals surface area contributed by atoms with E-state index >= 15 is 0 Å². The molecule has 1 fully saturated rings. The molecule has 1 aliphatic heterocycles. The van der Waals surface area contributed by atoms with Gasteiger partial charge >= 0.3 is 0 Å². The van der Waals surface area contributed by atoms with Gasteiger partial charge in [-0.15, -0.1) is 11.3 Å². The Hall–Kier alpha value is -2.41. The van der Waals surface area contributed by atoms with Crippen LogP contribution in [0.3, 0.4) is 0 Å². The summed E-state index contributed by atoms with van der Waals surface area (Å²) in [7, 11) is 1.49. The van der Waals surface area contributed by atoms with Gasteiger partial charge in [0.25, 0.3) is 5.91 Å². The number of carbonyl (C=O) groups excluding carboxylic acids is 2. The lowest BCUT2D eigenvalue weighted by atomic mass is 10.1. The van der Waals surface area contributed by atoms with Gasteiger partial charge in [0.05, 0.1) is 13.2 Å². The van der Waals surface area contributed by atoms with Crippen LogP contribution in [0.15, 0.2) is 23.6 Å². The quantitative estimate of drug-likeness (QED) is 0.923. The van der Waals surface area contributed by atoms with Crippen LogP contribution in [0.4, 0.5) is 0 Å². The van der Waals surface area contributed by atoms with Crippen LogP contribution in [0.5, 0.6) is 5.75 Å². The largest absolute Gasteiger partial charge is 0.497 e. The molecule has 2 amide bonds. The fraction of sp³-hybridized carbons (Fsp3) is 0.353. The molecule has 1 atom stereocenters. The highest BCUT2D eigenvalue weighted by molar-refractivity contribution is 7.09. The molecule has 1 saturated heterocycles. The third kappa shape index (κ3) is 3.12. The number of carbonyl (C=O) groups is 2. The number of likely N-dealkylation sites (tertiary alicyclic amines) is 1. The van der Waals surface area contributed by atoms with Gasteiger partial charge in [0.1, 0.15) is 10.8 Å². The molecule has 126 valence electrons. The zero-order valence-corrected chi connectivity index (χ0v) is 14.4. The Morgan fingerprint density at radius 3 is 2.71 bits per heavy atom. The third-order valence-corrected chi connectivity index (χ3v) is 5.17. The summed E-state index contributed by atoms with van der Waals surface area (Å²) < 4.78 is 5.18. The van der Waals surface area contributed by atoms with Gasteiger partial charge in [0.2, 0.25) is 5.91 Å². The van der Waals surface area contributed by atoms with E-state index in [1.807, 2.05) is 17.2 Å². The molecule has 3 rings (SSSR count). The first-order valence-electron chi connectivity index (χ1n) is 7.71. The Morgan fingerprint density at radius 1 is 1.33 bits per heavy atom. The van der Waals surface area contributed by atoms with E-state index in [0.29, 0.717) is 17.9 Å². The van der Waals surface area contributed by atoms with Crippen molar-refractivity contribution in [2.75, 3.05) is 13.7 Å². The minimum atomic E-state index is -0.587. The first-order valence-corrected chi connectivity index (χ1v) is 8.59. The predicted octanol–water partition coefficient (Wildman–Crippen LogP) is 2.54. The van der Waals surface area contributed by atoms with Crippen molar-refractivity contribution in [3.63, 3.8) is 0 Å². The number of nitrogens with zero attached hydrogens (tertiary/aromatic N) is 2. The van der Waals surface area contributed by atoms with Crippen LogP contribution in [0.2, 0.25) is 0 Å². The number of primary amides is 1. The number of hydrogen-bond acceptors (Lipinski definition) is 5. The second kappa shape index (κ2) is 6.60. The minimum Gasteiger partial charge on any atom is -0.497 e. The number of ether oxygens (including phenoxy) is 1. The third-order valence-electron chi connectivity index (χ3n) is 4.11. The van der Waals surface area contributed by atoms with E-state index in [-0.39, 0.29) is 17.5 Å². The van der Waals surface area contributed by atoms with E-state index in [4.69, 9.17) is 10.5 Å². The standard InChI is InChI=1S/C17H19N3O3S/c1-10-9-24-16(19-10)14-4-3-5-20(14)17(22)12-6-11(15(18)21)7-13(8-12)23-2/h6-9,14H,3-5H2,1-2H3,(H2,18,21). The molecule has 7 heteroatoms. The molecule has 6 nitrogen and oxygen atoms in total. The highest BCUT2D eigenvalue weighted by atomic mass is 32.1. The number of amides is 2. The van der Waals surface area contributed by atoms with Crippen molar-refractivity contribution in [1.29, 1.82) is 0 Å². The number of aromatic nitrogens is 1. The molecule has 24 heavy (non-hydrogen) atoms. The van der Waals surface area contributed by atoms with E-state index in [0.717, 1.165) is 23.5 Å². The van der Waals surface area contributed by atoms with Crippen molar-refractivity contribution in [3.05, 3.63) is 45.4 Å². The zero-order valence-electron chi connectivity index (χ0n) is 13.6. The number of rotatable bonds is 4. The van der Waals surface area contributed by atoms with Gasteiger partial charge in [-0.05, 0) is 38.0 Å². The molecule has 0 spiro atoms. The molecule has 1 aromatic heterocycles. The minimum absolute atomic E-state index is 0.0144. The number of aryl methyl sites for hydroxylation is 1. The topological polar surface area (TPSA) is 85.5 Å². The highest BCUT2D eigenvalue weighted by Crippen LogP contribution is 2.35. The lowest BCUT2D eigenvalue weighted by molar-refractivity contribution is 0.0735. The summed E-state index contributed by atoms with van der Waals surface area (Å²) in [5.41, 5.74) is 6.99. The Morgan fingerprint density at radius 2 is 2.08 bits per heavy atom. The predicted molar refractivity (Wildman–Crippen MR) is 91.4 cm³/mol. The van der Waals surface area contributed by atoms with Crippen molar-refractivity contribution in [1.82, 2.24) is 9.88 Å². The average Bonchev–Trinajstić information content (AvgIpc) is 3.22. The number of hydrogen-bond donors (Lipinski definition) is 1. The smallest absolute Gasteiger partial charge is 0.254 e. The second-order valence-electron chi connectivity index (χ2n) is 5.80. The fourth-order valence-corrected chi connectivity index (χ4v) is 3.88. The van der Waals surface area contributed by atoms with Crippen molar-refractivity contribution in [2.45, 2.75) is 25.8 Å². The van der Waals surface area contributed by atoms with E-state index in [1.54, 1.807) is 17.4 Å². The SMILES string of the molecule is COc1cc(C(N)=O)cc(C(=O)N2CCCC2c2nc(C)cs2)c1. The summed E-state index contributed by atoms with van der Waals surface area (Å²) in [6.07, 6.45) is 1.83. The Kier molecular flexibility index (Phi) is 4.53. The van der Waals surface area contributed by atoms with E-state index in [2.05, 4.69) is 4.98 Å². The normalized spacial score (nSPS) is 17.1. The average molecular weight is 345 g/mol. The number of benzene rings is 1. The molecule has 0 aliphatic carbocycles. The van der Waals surface area contributed by atoms with Crippen molar-refractivity contribution in [3.8, 4) is 5.75 Å². The molecule has 2 N–H and O–H groups in total. The summed E-state index contributed by atoms with van der Waals surface area (Å²) in [4.78, 5) is 30.8. The molecule has 0 saturated carbocycles. The molecular weight excluding hydrogens is 326 g/mol. The zero-order chi connectivity index (χ0) is 17.3. The highest BCUT2D eigenvalue weighted by Gasteiger charge is 2.32. The molecule has 0 bridgehead atoms. The monoisotopic (exact) mass is 345 g/mol. The molecule has 1 aromatic carbocycles. The number of methoxy groups -OCH3 is 1. The van der Waals surface area contributed by atoms with E-state index in [9.17, 15) is 9.59 Å². The van der Waals surface area contributed by atoms with Gasteiger partial charge in [0.15, 0.2) is 0 Å². The molecule has 1 unspecified atom stereocenters. The molecule has 0 radical (unpaired) electrons. The first-order chi connectivity index (χ1) is 11.5.